The number of ether oxygens (including phenoxy) is 3. The third-order valence-corrected chi connectivity index (χ3v) is 11.4. The van der Waals surface area contributed by atoms with Crippen molar-refractivity contribution in [1.29, 1.82) is 0 Å². The number of carbonyl (C=O) groups is 3. The van der Waals surface area contributed by atoms with Gasteiger partial charge in [-0.2, -0.15) is 0 Å². The number of amides is 2. The van der Waals surface area contributed by atoms with Crippen molar-refractivity contribution < 1.29 is 33.0 Å². The average Bonchev–Trinajstić information content (AvgIpc) is 3.72. The highest BCUT2D eigenvalue weighted by molar-refractivity contribution is 5.98. The Morgan fingerprint density at radius 2 is 1.69 bits per heavy atom. The fourth-order valence-corrected chi connectivity index (χ4v) is 8.23. The predicted octanol–water partition coefficient (Wildman–Crippen LogP) is 6.90. The monoisotopic (exact) mass is 668 g/mol. The molecule has 0 radical (unpaired) electrons. The van der Waals surface area contributed by atoms with Crippen LogP contribution in [0.2, 0.25) is 0 Å². The van der Waals surface area contributed by atoms with Crippen LogP contribution in [-0.2, 0) is 20.9 Å². The van der Waals surface area contributed by atoms with Crippen LogP contribution in [0.25, 0.3) is 10.8 Å². The van der Waals surface area contributed by atoms with Crippen LogP contribution in [0.4, 0.5) is 4.39 Å². The predicted molar refractivity (Wildman–Crippen MR) is 184 cm³/mol. The number of hydrogen-bond donors (Lipinski definition) is 2. The van der Waals surface area contributed by atoms with E-state index in [0.29, 0.717) is 32.2 Å². The minimum Gasteiger partial charge on any atom is -0.496 e. The zero-order valence-corrected chi connectivity index (χ0v) is 28.2. The van der Waals surface area contributed by atoms with Crippen molar-refractivity contribution in [2.75, 3.05) is 13.7 Å². The Kier molecular flexibility index (Phi) is 9.36. The number of rotatable bonds is 11. The Morgan fingerprint density at radius 1 is 0.939 bits per heavy atom. The van der Waals surface area contributed by atoms with Crippen LogP contribution in [0.1, 0.15) is 74.2 Å². The van der Waals surface area contributed by atoms with Gasteiger partial charge in [-0.25, -0.2) is 4.39 Å². The molecular weight excluding hydrogens is 623 g/mol. The first-order valence-electron chi connectivity index (χ1n) is 17.7. The number of carbonyl (C=O) groups excluding carboxylic acids is 3. The Bertz CT molecular complexity index is 1760. The van der Waals surface area contributed by atoms with Crippen molar-refractivity contribution in [3.05, 3.63) is 83.7 Å². The summed E-state index contributed by atoms with van der Waals surface area (Å²) in [7, 11) is 1.39. The highest BCUT2D eigenvalue weighted by Gasteiger charge is 2.49. The van der Waals surface area contributed by atoms with Gasteiger partial charge in [0.2, 0.25) is 5.91 Å². The van der Waals surface area contributed by atoms with E-state index in [4.69, 9.17) is 14.2 Å². The molecule has 0 heterocycles. The van der Waals surface area contributed by atoms with E-state index in [-0.39, 0.29) is 76.8 Å². The second-order valence-corrected chi connectivity index (χ2v) is 14.7. The first-order chi connectivity index (χ1) is 23.7. The highest BCUT2D eigenvalue weighted by atomic mass is 19.1. The molecule has 8 nitrogen and oxygen atoms in total. The third-order valence-electron chi connectivity index (χ3n) is 11.4. The standard InChI is InChI=1S/C40H45FN2O6/c1-40(17-6-18-40)23-42-38(45)35-26-11-12-27(19-26)36(35)43-37(44)31-20-34(32(41)21-33(31)47-2)49-29-15-13-25(14-16-29)39(46)48-22-28-9-5-8-24-7-3-4-10-30(24)28/h3-5,7-12,20-21,25-27,29,35-36H,6,13-19,22-23H2,1-2H3,(H,42,45)(H,43,44). The zero-order valence-electron chi connectivity index (χ0n) is 28.2. The molecule has 9 heteroatoms. The molecule has 49 heavy (non-hydrogen) atoms. The first-order valence-corrected chi connectivity index (χ1v) is 17.7. The molecule has 3 fully saturated rings. The zero-order chi connectivity index (χ0) is 34.1. The van der Waals surface area contributed by atoms with Crippen molar-refractivity contribution >= 4 is 28.6 Å². The molecule has 2 bridgehead atoms. The number of methoxy groups -OCH3 is 1. The maximum atomic E-state index is 15.3. The van der Waals surface area contributed by atoms with Gasteiger partial charge in [0.25, 0.3) is 5.91 Å². The summed E-state index contributed by atoms with van der Waals surface area (Å²) in [5, 5.41) is 8.43. The van der Waals surface area contributed by atoms with Gasteiger partial charge in [0.15, 0.2) is 11.6 Å². The van der Waals surface area contributed by atoms with Crippen LogP contribution in [0.5, 0.6) is 11.5 Å². The molecule has 3 aromatic carbocycles. The van der Waals surface area contributed by atoms with Gasteiger partial charge in [-0.3, -0.25) is 14.4 Å². The lowest BCUT2D eigenvalue weighted by molar-refractivity contribution is -0.151. The summed E-state index contributed by atoms with van der Waals surface area (Å²) in [5.41, 5.74) is 1.27. The molecule has 4 aliphatic carbocycles. The lowest BCUT2D eigenvalue weighted by Gasteiger charge is -2.39. The maximum absolute atomic E-state index is 15.3. The summed E-state index contributed by atoms with van der Waals surface area (Å²) < 4.78 is 32.5. The van der Waals surface area contributed by atoms with Crippen molar-refractivity contribution in [2.24, 2.45) is 29.1 Å². The Labute approximate surface area is 286 Å². The molecule has 0 aromatic heterocycles. The quantitative estimate of drug-likeness (QED) is 0.170. The Balaban J connectivity index is 0.960. The van der Waals surface area contributed by atoms with E-state index in [1.54, 1.807) is 0 Å². The summed E-state index contributed by atoms with van der Waals surface area (Å²) in [5.74, 6) is -1.76. The van der Waals surface area contributed by atoms with E-state index >= 15 is 4.39 Å². The molecule has 0 aliphatic heterocycles. The lowest BCUT2D eigenvalue weighted by Crippen LogP contribution is -2.50. The molecule has 3 saturated carbocycles. The van der Waals surface area contributed by atoms with Gasteiger partial charge in [-0.1, -0.05) is 68.0 Å². The van der Waals surface area contributed by atoms with E-state index in [9.17, 15) is 14.4 Å². The normalized spacial score (nSPS) is 26.5. The van der Waals surface area contributed by atoms with Crippen LogP contribution in [0, 0.1) is 34.9 Å². The van der Waals surface area contributed by atoms with E-state index in [1.165, 1.54) is 25.7 Å². The fraction of sp³-hybridized carbons (Fsp3) is 0.475. The van der Waals surface area contributed by atoms with E-state index < -0.39 is 11.7 Å². The van der Waals surface area contributed by atoms with Gasteiger partial charge >= 0.3 is 5.97 Å². The molecule has 4 atom stereocenters. The molecule has 258 valence electrons. The van der Waals surface area contributed by atoms with Gasteiger partial charge in [0.05, 0.1) is 30.6 Å². The molecule has 4 unspecified atom stereocenters. The van der Waals surface area contributed by atoms with E-state index in [1.807, 2.05) is 42.5 Å². The number of nitrogens with one attached hydrogen (secondary N) is 2. The highest BCUT2D eigenvalue weighted by Crippen LogP contribution is 2.45. The second-order valence-electron chi connectivity index (χ2n) is 14.7. The molecule has 4 aliphatic rings. The molecule has 0 saturated heterocycles. The van der Waals surface area contributed by atoms with Crippen LogP contribution in [-0.4, -0.2) is 43.6 Å². The number of allylic oxidation sites excluding steroid dienone is 1. The minimum absolute atomic E-state index is 0.0292. The molecule has 2 amide bonds. The summed E-state index contributed by atoms with van der Waals surface area (Å²) >= 11 is 0. The van der Waals surface area contributed by atoms with Crippen LogP contribution >= 0.6 is 0 Å². The fourth-order valence-electron chi connectivity index (χ4n) is 8.23. The van der Waals surface area contributed by atoms with Gasteiger partial charge in [0, 0.05) is 18.7 Å². The number of esters is 1. The molecule has 2 N–H and O–H groups in total. The molecular formula is C40H45FN2O6. The molecule has 0 spiro atoms. The number of hydrogen-bond acceptors (Lipinski definition) is 6. The van der Waals surface area contributed by atoms with E-state index in [2.05, 4.69) is 29.7 Å². The molecule has 3 aromatic rings. The van der Waals surface area contributed by atoms with Crippen LogP contribution in [0.3, 0.4) is 0 Å². The van der Waals surface area contributed by atoms with Gasteiger partial charge in [0.1, 0.15) is 12.4 Å². The lowest BCUT2D eigenvalue weighted by atomic mass is 9.70. The van der Waals surface area contributed by atoms with Gasteiger partial charge in [-0.05, 0) is 84.6 Å². The average molecular weight is 669 g/mol. The minimum atomic E-state index is -0.630. The van der Waals surface area contributed by atoms with Crippen molar-refractivity contribution in [1.82, 2.24) is 10.6 Å². The van der Waals surface area contributed by atoms with Gasteiger partial charge < -0.3 is 24.8 Å². The number of benzene rings is 3. The van der Waals surface area contributed by atoms with E-state index in [0.717, 1.165) is 35.6 Å². The molecule has 7 rings (SSSR count). The van der Waals surface area contributed by atoms with Crippen LogP contribution in [0.15, 0.2) is 66.7 Å². The smallest absolute Gasteiger partial charge is 0.309 e. The first kappa shape index (κ1) is 33.1. The SMILES string of the molecule is COc1cc(F)c(OC2CCC(C(=O)OCc3cccc4ccccc34)CC2)cc1C(=O)NC1C2C=CC(C2)C1C(=O)NCC1(C)CCC1. The summed E-state index contributed by atoms with van der Waals surface area (Å²) in [6, 6.07) is 16.2. The largest absolute Gasteiger partial charge is 0.496 e. The number of fused-ring (bicyclic) bond motifs is 3. The Hall–Kier alpha value is -4.40. The Morgan fingerprint density at radius 3 is 2.45 bits per heavy atom. The summed E-state index contributed by atoms with van der Waals surface area (Å²) in [4.78, 5) is 40.1. The van der Waals surface area contributed by atoms with Gasteiger partial charge in [-0.15, -0.1) is 0 Å². The van der Waals surface area contributed by atoms with Crippen molar-refractivity contribution in [3.8, 4) is 11.5 Å². The third kappa shape index (κ3) is 6.90. The topological polar surface area (TPSA) is 103 Å². The van der Waals surface area contributed by atoms with Crippen LogP contribution < -0.4 is 20.1 Å². The summed E-state index contributed by atoms with van der Waals surface area (Å²) in [6.45, 7) is 3.05. The number of halogens is 1. The van der Waals surface area contributed by atoms with Crippen molar-refractivity contribution in [2.45, 2.75) is 77.0 Å². The van der Waals surface area contributed by atoms with Crippen molar-refractivity contribution in [3.63, 3.8) is 0 Å². The summed E-state index contributed by atoms with van der Waals surface area (Å²) in [6.07, 6.45) is 10.3. The second kappa shape index (κ2) is 13.8. The maximum Gasteiger partial charge on any atom is 0.309 e.